The van der Waals surface area contributed by atoms with Crippen LogP contribution >= 0.6 is 11.6 Å². The first-order valence-corrected chi connectivity index (χ1v) is 8.36. The van der Waals surface area contributed by atoms with Crippen molar-refractivity contribution in [3.05, 3.63) is 59.1 Å². The fourth-order valence-corrected chi connectivity index (χ4v) is 3.04. The third kappa shape index (κ3) is 3.52. The molecule has 0 radical (unpaired) electrons. The summed E-state index contributed by atoms with van der Waals surface area (Å²) in [5, 5.41) is 3.85. The predicted molar refractivity (Wildman–Crippen MR) is 82.9 cm³/mol. The van der Waals surface area contributed by atoms with Gasteiger partial charge in [0.05, 0.1) is 16.3 Å². The third-order valence-electron chi connectivity index (χ3n) is 3.00. The van der Waals surface area contributed by atoms with E-state index in [9.17, 15) is 8.42 Å². The molecule has 0 saturated carbocycles. The highest BCUT2D eigenvalue weighted by molar-refractivity contribution is 7.91. The van der Waals surface area contributed by atoms with E-state index in [1.54, 1.807) is 25.1 Å². The van der Waals surface area contributed by atoms with Gasteiger partial charge in [0.25, 0.3) is 0 Å². The van der Waals surface area contributed by atoms with Gasteiger partial charge in [-0.2, -0.15) is 0 Å². The van der Waals surface area contributed by atoms with E-state index >= 15 is 0 Å². The van der Waals surface area contributed by atoms with Crippen LogP contribution in [0.25, 0.3) is 0 Å². The molecule has 0 aliphatic heterocycles. The Kier molecular flexibility index (Phi) is 4.68. The minimum absolute atomic E-state index is 0.0899. The maximum atomic E-state index is 12.0. The molecule has 5 heteroatoms. The largest absolute Gasteiger partial charge is 0.380 e. The summed E-state index contributed by atoms with van der Waals surface area (Å²) in [6.45, 7) is 2.19. The van der Waals surface area contributed by atoms with E-state index in [1.165, 1.54) is 0 Å². The summed E-state index contributed by atoms with van der Waals surface area (Å²) in [4.78, 5) is 0.344. The highest BCUT2D eigenvalue weighted by atomic mass is 35.5. The molecule has 0 fully saturated rings. The maximum absolute atomic E-state index is 12.0. The molecular formula is C15H16ClNO2S. The van der Waals surface area contributed by atoms with E-state index in [0.717, 1.165) is 5.56 Å². The van der Waals surface area contributed by atoms with E-state index in [2.05, 4.69) is 5.32 Å². The quantitative estimate of drug-likeness (QED) is 0.915. The van der Waals surface area contributed by atoms with E-state index in [1.807, 2.05) is 30.3 Å². The lowest BCUT2D eigenvalue weighted by molar-refractivity contribution is 0.597. The molecule has 2 aromatic carbocycles. The number of hydrogen-bond acceptors (Lipinski definition) is 3. The Morgan fingerprint density at radius 2 is 1.70 bits per heavy atom. The minimum atomic E-state index is -3.22. The van der Waals surface area contributed by atoms with Crippen molar-refractivity contribution >= 4 is 27.1 Å². The highest BCUT2D eigenvalue weighted by Gasteiger charge is 2.15. The Balaban J connectivity index is 2.20. The summed E-state index contributed by atoms with van der Waals surface area (Å²) < 4.78 is 24.0. The third-order valence-corrected chi connectivity index (χ3v) is 5.04. The minimum Gasteiger partial charge on any atom is -0.380 e. The summed E-state index contributed by atoms with van der Waals surface area (Å²) in [5.74, 6) is 0.0899. The molecule has 0 atom stereocenters. The van der Waals surface area contributed by atoms with Crippen LogP contribution in [0.3, 0.4) is 0 Å². The predicted octanol–water partition coefficient (Wildman–Crippen LogP) is 3.75. The fraction of sp³-hybridized carbons (Fsp3) is 0.200. The zero-order valence-electron chi connectivity index (χ0n) is 11.1. The van der Waals surface area contributed by atoms with Gasteiger partial charge in [-0.05, 0) is 29.8 Å². The van der Waals surface area contributed by atoms with Crippen molar-refractivity contribution in [3.8, 4) is 0 Å². The Morgan fingerprint density at radius 1 is 1.05 bits per heavy atom. The molecule has 0 amide bonds. The second-order valence-electron chi connectivity index (χ2n) is 4.38. The first-order chi connectivity index (χ1) is 9.53. The second-order valence-corrected chi connectivity index (χ2v) is 7.06. The van der Waals surface area contributed by atoms with Gasteiger partial charge in [0.2, 0.25) is 0 Å². The van der Waals surface area contributed by atoms with E-state index in [4.69, 9.17) is 11.6 Å². The summed E-state index contributed by atoms with van der Waals surface area (Å²) in [7, 11) is -3.22. The number of hydrogen-bond donors (Lipinski definition) is 1. The number of nitrogens with one attached hydrogen (secondary N) is 1. The summed E-state index contributed by atoms with van der Waals surface area (Å²) >= 11 is 5.83. The number of halogens is 1. The summed E-state index contributed by atoms with van der Waals surface area (Å²) in [6, 6.07) is 14.4. The Hall–Kier alpha value is -1.52. The molecule has 0 unspecified atom stereocenters. The molecule has 0 aliphatic rings. The van der Waals surface area contributed by atoms with Crippen LogP contribution in [0, 0.1) is 0 Å². The SMILES string of the molecule is CCS(=O)(=O)c1ccccc1NCc1ccc(Cl)cc1. The van der Waals surface area contributed by atoms with Crippen molar-refractivity contribution in [2.45, 2.75) is 18.4 Å². The van der Waals surface area contributed by atoms with Crippen molar-refractivity contribution in [3.63, 3.8) is 0 Å². The molecule has 0 aromatic heterocycles. The van der Waals surface area contributed by atoms with Crippen LogP contribution in [0.4, 0.5) is 5.69 Å². The average Bonchev–Trinajstić information content (AvgIpc) is 2.47. The Labute approximate surface area is 124 Å². The van der Waals surface area contributed by atoms with E-state index in [-0.39, 0.29) is 5.75 Å². The Bertz CT molecular complexity index is 681. The number of para-hydroxylation sites is 1. The van der Waals surface area contributed by atoms with Gasteiger partial charge in [-0.25, -0.2) is 8.42 Å². The zero-order chi connectivity index (χ0) is 14.6. The van der Waals surface area contributed by atoms with Crippen molar-refractivity contribution < 1.29 is 8.42 Å². The monoisotopic (exact) mass is 309 g/mol. The number of benzene rings is 2. The molecule has 106 valence electrons. The molecule has 2 rings (SSSR count). The van der Waals surface area contributed by atoms with Gasteiger partial charge in [-0.1, -0.05) is 42.8 Å². The topological polar surface area (TPSA) is 46.2 Å². The smallest absolute Gasteiger partial charge is 0.180 e. The van der Waals surface area contributed by atoms with Crippen molar-refractivity contribution in [1.82, 2.24) is 0 Å². The van der Waals surface area contributed by atoms with Gasteiger partial charge in [0, 0.05) is 11.6 Å². The van der Waals surface area contributed by atoms with Gasteiger partial charge >= 0.3 is 0 Å². The molecular weight excluding hydrogens is 294 g/mol. The first-order valence-electron chi connectivity index (χ1n) is 6.33. The van der Waals surface area contributed by atoms with Crippen LogP contribution < -0.4 is 5.32 Å². The van der Waals surface area contributed by atoms with Gasteiger partial charge in [0.15, 0.2) is 9.84 Å². The van der Waals surface area contributed by atoms with Crippen LogP contribution in [-0.4, -0.2) is 14.2 Å². The standard InChI is InChI=1S/C15H16ClNO2S/c1-2-20(18,19)15-6-4-3-5-14(15)17-11-12-7-9-13(16)10-8-12/h3-10,17H,2,11H2,1H3. The van der Waals surface area contributed by atoms with Gasteiger partial charge < -0.3 is 5.32 Å². The lowest BCUT2D eigenvalue weighted by Gasteiger charge is -2.11. The second kappa shape index (κ2) is 6.29. The van der Waals surface area contributed by atoms with Gasteiger partial charge in [0.1, 0.15) is 0 Å². The van der Waals surface area contributed by atoms with Crippen LogP contribution in [0.5, 0.6) is 0 Å². The lowest BCUT2D eigenvalue weighted by atomic mass is 10.2. The molecule has 20 heavy (non-hydrogen) atoms. The number of rotatable bonds is 5. The maximum Gasteiger partial charge on any atom is 0.180 e. The van der Waals surface area contributed by atoms with Crippen LogP contribution in [0.1, 0.15) is 12.5 Å². The van der Waals surface area contributed by atoms with Crippen molar-refractivity contribution in [1.29, 1.82) is 0 Å². The van der Waals surface area contributed by atoms with Crippen LogP contribution in [0.2, 0.25) is 5.02 Å². The normalized spacial score (nSPS) is 11.3. The van der Waals surface area contributed by atoms with Gasteiger partial charge in [-0.15, -0.1) is 0 Å². The number of anilines is 1. The summed E-state index contributed by atoms with van der Waals surface area (Å²) in [5.41, 5.74) is 1.67. The average molecular weight is 310 g/mol. The molecule has 0 saturated heterocycles. The molecule has 0 aliphatic carbocycles. The lowest BCUT2D eigenvalue weighted by Crippen LogP contribution is -2.09. The van der Waals surface area contributed by atoms with Crippen LogP contribution in [0.15, 0.2) is 53.4 Å². The number of sulfone groups is 1. The molecule has 3 nitrogen and oxygen atoms in total. The zero-order valence-corrected chi connectivity index (χ0v) is 12.7. The molecule has 1 N–H and O–H groups in total. The fourth-order valence-electron chi connectivity index (χ4n) is 1.84. The van der Waals surface area contributed by atoms with Gasteiger partial charge in [-0.3, -0.25) is 0 Å². The van der Waals surface area contributed by atoms with Crippen LogP contribution in [-0.2, 0) is 16.4 Å². The molecule has 2 aromatic rings. The Morgan fingerprint density at radius 3 is 2.35 bits per heavy atom. The first kappa shape index (κ1) is 14.9. The van der Waals surface area contributed by atoms with E-state index in [0.29, 0.717) is 22.2 Å². The van der Waals surface area contributed by atoms with E-state index < -0.39 is 9.84 Å². The van der Waals surface area contributed by atoms with Crippen molar-refractivity contribution in [2.75, 3.05) is 11.1 Å². The highest BCUT2D eigenvalue weighted by Crippen LogP contribution is 2.22. The summed E-state index contributed by atoms with van der Waals surface area (Å²) in [6.07, 6.45) is 0. The molecule has 0 heterocycles. The van der Waals surface area contributed by atoms with Crippen molar-refractivity contribution in [2.24, 2.45) is 0 Å². The molecule has 0 spiro atoms. The molecule has 0 bridgehead atoms.